The molecule has 0 heterocycles. The van der Waals surface area contributed by atoms with Crippen LogP contribution in [0, 0.1) is 5.92 Å². The molecule has 0 aromatic heterocycles. The second-order valence-electron chi connectivity index (χ2n) is 3.00. The summed E-state index contributed by atoms with van der Waals surface area (Å²) >= 11 is 1.41. The van der Waals surface area contributed by atoms with Gasteiger partial charge in [0.15, 0.2) is 0 Å². The Morgan fingerprint density at radius 3 is 1.75 bits per heavy atom. The summed E-state index contributed by atoms with van der Waals surface area (Å²) in [4.78, 5) is 0. The second kappa shape index (κ2) is 3.12. The van der Waals surface area contributed by atoms with E-state index in [1.54, 1.807) is 0 Å². The normalized spacial score (nSPS) is 12.5. The molecule has 1 N–H and O–H groups in total. The first-order chi connectivity index (χ1) is 3.50. The molecule has 0 unspecified atom stereocenters. The molecule has 0 aromatic rings. The predicted octanol–water partition coefficient (Wildman–Crippen LogP) is 1.47. The summed E-state index contributed by atoms with van der Waals surface area (Å²) in [6, 6.07) is 0. The summed E-state index contributed by atoms with van der Waals surface area (Å²) in [5, 5.41) is 0. The molecular weight excluding hydrogens is 177 g/mol. The molecule has 0 fully saturated rings. The fourth-order valence-corrected chi connectivity index (χ4v) is 0.854. The van der Waals surface area contributed by atoms with Crippen LogP contribution in [0.5, 0.6) is 0 Å². The summed E-state index contributed by atoms with van der Waals surface area (Å²) in [7, 11) is 0. The minimum absolute atomic E-state index is 0.332. The van der Waals surface area contributed by atoms with Crippen LogP contribution in [-0.4, -0.2) is 5.54 Å². The van der Waals surface area contributed by atoms with Crippen LogP contribution in [0.15, 0.2) is 0 Å². The number of nitrogens with one attached hydrogen (secondary N) is 1. The summed E-state index contributed by atoms with van der Waals surface area (Å²) in [6.07, 6.45) is 0. The van der Waals surface area contributed by atoms with Gasteiger partial charge in [0.05, 0.1) is 0 Å². The third kappa shape index (κ3) is 2.41. The molecule has 47 valence electrons. The molecule has 0 spiro atoms. The molecule has 0 aliphatic carbocycles. The van der Waals surface area contributed by atoms with Gasteiger partial charge in [-0.15, -0.1) is 0 Å². The van der Waals surface area contributed by atoms with Crippen LogP contribution in [0.1, 0.15) is 27.7 Å². The molecule has 0 aromatic carbocycles. The fourth-order valence-electron chi connectivity index (χ4n) is 0.144. The second-order valence-corrected chi connectivity index (χ2v) is 3.62. The average Bonchev–Trinajstić information content (AvgIpc) is 1.67. The molecule has 0 bridgehead atoms. The molecule has 8 heavy (non-hydrogen) atoms. The van der Waals surface area contributed by atoms with E-state index in [4.69, 9.17) is 0 Å². The Labute approximate surface area is 67.5 Å². The molecule has 0 radical (unpaired) electrons. The Morgan fingerprint density at radius 1 is 1.38 bits per heavy atom. The van der Waals surface area contributed by atoms with Crippen LogP contribution in [0.2, 0.25) is 0 Å². The number of hydrogen-bond donors (Lipinski definition) is 1. The van der Waals surface area contributed by atoms with Gasteiger partial charge in [-0.3, -0.25) is 0 Å². The van der Waals surface area contributed by atoms with Gasteiger partial charge in [-0.1, -0.05) is 0 Å². The topological polar surface area (TPSA) is 12.0 Å². The Bertz CT molecular complexity index is 68.9. The Hall–Kier alpha value is 0.843. The van der Waals surface area contributed by atoms with Gasteiger partial charge < -0.3 is 0 Å². The van der Waals surface area contributed by atoms with E-state index in [0.29, 0.717) is 5.54 Å². The zero-order valence-electron chi connectivity index (χ0n) is 6.08. The zero-order chi connectivity index (χ0) is 6.78. The molecule has 0 rings (SSSR count). The molecule has 2 heteroatoms. The van der Waals surface area contributed by atoms with Crippen LogP contribution >= 0.6 is 0 Å². The SMILES string of the molecule is CC(C)C(C)(C)[NH][Zr]. The van der Waals surface area contributed by atoms with E-state index >= 15 is 0 Å². The van der Waals surface area contributed by atoms with E-state index in [2.05, 4.69) is 31.0 Å². The molecular formula is C6H14NZr. The first kappa shape index (κ1) is 8.84. The van der Waals surface area contributed by atoms with Crippen molar-refractivity contribution in [3.05, 3.63) is 0 Å². The van der Waals surface area contributed by atoms with E-state index in [1.165, 1.54) is 25.0 Å². The first-order valence-electron chi connectivity index (χ1n) is 2.94. The predicted molar refractivity (Wildman–Crippen MR) is 32.1 cm³/mol. The van der Waals surface area contributed by atoms with Crippen LogP contribution in [0.3, 0.4) is 0 Å². The van der Waals surface area contributed by atoms with E-state index < -0.39 is 0 Å². The molecule has 0 aliphatic heterocycles. The number of hydrogen-bond acceptors (Lipinski definition) is 1. The van der Waals surface area contributed by atoms with Crippen molar-refractivity contribution in [1.29, 1.82) is 0 Å². The van der Waals surface area contributed by atoms with Gasteiger partial charge in [-0.2, -0.15) is 0 Å². The monoisotopic (exact) mass is 190 g/mol. The van der Waals surface area contributed by atoms with Crippen molar-refractivity contribution < 1.29 is 25.0 Å². The van der Waals surface area contributed by atoms with Gasteiger partial charge in [-0.05, 0) is 0 Å². The van der Waals surface area contributed by atoms with Crippen molar-refractivity contribution in [3.8, 4) is 0 Å². The van der Waals surface area contributed by atoms with E-state index in [1.807, 2.05) is 0 Å². The zero-order valence-corrected chi connectivity index (χ0v) is 8.54. The third-order valence-corrected chi connectivity index (χ3v) is 3.35. The fraction of sp³-hybridized carbons (Fsp3) is 1.00. The van der Waals surface area contributed by atoms with Gasteiger partial charge in [0.1, 0.15) is 0 Å². The first-order valence-corrected chi connectivity index (χ1v) is 4.17. The van der Waals surface area contributed by atoms with Crippen LogP contribution in [-0.2, 0) is 25.0 Å². The Kier molecular flexibility index (Phi) is 3.45. The standard InChI is InChI=1S/C6H14N.Zr/c1-5(2)6(3,4)7;/h5,7H,1-4H3;/q-1;+1. The summed E-state index contributed by atoms with van der Waals surface area (Å²) in [6.45, 7) is 8.92. The van der Waals surface area contributed by atoms with Crippen molar-refractivity contribution in [2.75, 3.05) is 0 Å². The van der Waals surface area contributed by atoms with E-state index in [-0.39, 0.29) is 0 Å². The van der Waals surface area contributed by atoms with Crippen LogP contribution in [0.4, 0.5) is 0 Å². The number of rotatable bonds is 2. The van der Waals surface area contributed by atoms with Gasteiger partial charge in [0.2, 0.25) is 0 Å². The van der Waals surface area contributed by atoms with Gasteiger partial charge in [0, 0.05) is 0 Å². The van der Waals surface area contributed by atoms with Crippen molar-refractivity contribution >= 4 is 0 Å². The molecule has 0 amide bonds. The Morgan fingerprint density at radius 2 is 1.75 bits per heavy atom. The van der Waals surface area contributed by atoms with Crippen molar-refractivity contribution in [2.24, 2.45) is 5.92 Å². The third-order valence-electron chi connectivity index (χ3n) is 1.77. The van der Waals surface area contributed by atoms with Gasteiger partial charge >= 0.3 is 67.4 Å². The summed E-state index contributed by atoms with van der Waals surface area (Å²) in [5.41, 5.74) is 0.332. The molecule has 0 saturated heterocycles. The summed E-state index contributed by atoms with van der Waals surface area (Å²) < 4.78 is 3.33. The molecule has 0 saturated carbocycles. The molecule has 0 atom stereocenters. The maximum absolute atomic E-state index is 3.33. The van der Waals surface area contributed by atoms with E-state index in [0.717, 1.165) is 5.92 Å². The quantitative estimate of drug-likeness (QED) is 0.697. The average molecular weight is 191 g/mol. The van der Waals surface area contributed by atoms with Crippen LogP contribution in [0.25, 0.3) is 0 Å². The minimum atomic E-state index is 0.332. The van der Waals surface area contributed by atoms with Crippen molar-refractivity contribution in [2.45, 2.75) is 33.2 Å². The van der Waals surface area contributed by atoms with Crippen molar-refractivity contribution in [3.63, 3.8) is 0 Å². The van der Waals surface area contributed by atoms with Crippen LogP contribution < -0.4 is 3.26 Å². The summed E-state index contributed by atoms with van der Waals surface area (Å²) in [5.74, 6) is 0.724. The maximum atomic E-state index is 3.33. The van der Waals surface area contributed by atoms with Crippen molar-refractivity contribution in [1.82, 2.24) is 3.26 Å². The molecule has 0 aliphatic rings. The van der Waals surface area contributed by atoms with Gasteiger partial charge in [-0.25, -0.2) is 0 Å². The Balaban J connectivity index is 3.71. The van der Waals surface area contributed by atoms with E-state index in [9.17, 15) is 0 Å². The van der Waals surface area contributed by atoms with Gasteiger partial charge in [0.25, 0.3) is 0 Å². The molecule has 1 nitrogen and oxygen atoms in total.